The summed E-state index contributed by atoms with van der Waals surface area (Å²) in [7, 11) is 1.32. The summed E-state index contributed by atoms with van der Waals surface area (Å²) < 4.78 is 4.55. The van der Waals surface area contributed by atoms with Gasteiger partial charge in [0.25, 0.3) is 0 Å². The molecule has 0 aromatic rings. The lowest BCUT2D eigenvalue weighted by atomic mass is 10.3. The fraction of sp³-hybridized carbons (Fsp3) is 0.875. The summed E-state index contributed by atoms with van der Waals surface area (Å²) in [4.78, 5) is 12.8. The normalized spacial score (nSPS) is 31.7. The molecule has 1 fully saturated rings. The minimum atomic E-state index is -0.757. The van der Waals surface area contributed by atoms with E-state index in [1.165, 1.54) is 7.11 Å². The second-order valence-electron chi connectivity index (χ2n) is 3.29. The third kappa shape index (κ3) is 2.18. The molecule has 0 spiro atoms. The van der Waals surface area contributed by atoms with Crippen molar-refractivity contribution in [3.8, 4) is 0 Å². The Morgan fingerprint density at radius 1 is 1.46 bits per heavy atom. The van der Waals surface area contributed by atoms with Gasteiger partial charge in [0.15, 0.2) is 0 Å². The second-order valence-corrected chi connectivity index (χ2v) is 3.29. The Morgan fingerprint density at radius 2 is 1.92 bits per heavy atom. The summed E-state index contributed by atoms with van der Waals surface area (Å²) >= 11 is 0. The van der Waals surface area contributed by atoms with Crippen LogP contribution in [0.5, 0.6) is 0 Å². The smallest absolute Gasteiger partial charge is 0.322 e. The topological polar surface area (TPSA) is 70.0 Å². The van der Waals surface area contributed by atoms with Gasteiger partial charge in [-0.15, -0.1) is 0 Å². The zero-order chi connectivity index (χ0) is 10.0. The highest BCUT2D eigenvalue weighted by atomic mass is 16.5. The summed E-state index contributed by atoms with van der Waals surface area (Å²) in [6, 6.07) is -0.406. The van der Waals surface area contributed by atoms with Gasteiger partial charge in [-0.25, -0.2) is 0 Å². The molecule has 5 heteroatoms. The van der Waals surface area contributed by atoms with Crippen LogP contribution in [0.2, 0.25) is 0 Å². The van der Waals surface area contributed by atoms with Crippen molar-refractivity contribution in [2.24, 2.45) is 0 Å². The number of nitrogens with zero attached hydrogens (tertiary/aromatic N) is 1. The molecule has 2 N–H and O–H groups in total. The zero-order valence-electron chi connectivity index (χ0n) is 7.80. The standard InChI is InChI=1S/C8H15NO4/c1-5(8(12)13-2)9-3-6(10)7(11)4-9/h5-7,10-11H,3-4H2,1-2H3. The maximum absolute atomic E-state index is 11.1. The molecule has 1 saturated heterocycles. The molecule has 5 nitrogen and oxygen atoms in total. The number of likely N-dealkylation sites (tertiary alicyclic amines) is 1. The average Bonchev–Trinajstić information content (AvgIpc) is 2.44. The van der Waals surface area contributed by atoms with Gasteiger partial charge < -0.3 is 14.9 Å². The minimum absolute atomic E-state index is 0.317. The lowest BCUT2D eigenvalue weighted by Crippen LogP contribution is -2.38. The van der Waals surface area contributed by atoms with E-state index >= 15 is 0 Å². The van der Waals surface area contributed by atoms with Gasteiger partial charge in [0, 0.05) is 13.1 Å². The van der Waals surface area contributed by atoms with Crippen LogP contribution < -0.4 is 0 Å². The van der Waals surface area contributed by atoms with E-state index in [1.54, 1.807) is 11.8 Å². The van der Waals surface area contributed by atoms with Gasteiger partial charge in [-0.2, -0.15) is 0 Å². The summed E-state index contributed by atoms with van der Waals surface area (Å²) in [5.41, 5.74) is 0. The fourth-order valence-electron chi connectivity index (χ4n) is 1.43. The first-order valence-electron chi connectivity index (χ1n) is 4.24. The van der Waals surface area contributed by atoms with Crippen molar-refractivity contribution in [2.45, 2.75) is 25.2 Å². The zero-order valence-corrected chi connectivity index (χ0v) is 7.80. The van der Waals surface area contributed by atoms with E-state index in [9.17, 15) is 15.0 Å². The summed E-state index contributed by atoms with van der Waals surface area (Å²) in [5.74, 6) is -0.346. The van der Waals surface area contributed by atoms with Crippen molar-refractivity contribution < 1.29 is 19.7 Å². The van der Waals surface area contributed by atoms with Crippen LogP contribution >= 0.6 is 0 Å². The van der Waals surface area contributed by atoms with E-state index in [2.05, 4.69) is 4.74 Å². The predicted molar refractivity (Wildman–Crippen MR) is 45.1 cm³/mol. The Bertz CT molecular complexity index is 187. The van der Waals surface area contributed by atoms with Crippen LogP contribution in [0.4, 0.5) is 0 Å². The van der Waals surface area contributed by atoms with E-state index in [0.29, 0.717) is 13.1 Å². The van der Waals surface area contributed by atoms with Gasteiger partial charge in [0.05, 0.1) is 19.3 Å². The number of β-amino-alcohol motifs (C(OH)–C–C–N with tert-alkyl or cyclic N) is 2. The fourth-order valence-corrected chi connectivity index (χ4v) is 1.43. The van der Waals surface area contributed by atoms with E-state index < -0.39 is 18.2 Å². The molecule has 0 saturated carbocycles. The summed E-state index contributed by atoms with van der Waals surface area (Å²) in [6.07, 6.45) is -1.51. The third-order valence-corrected chi connectivity index (χ3v) is 2.38. The quantitative estimate of drug-likeness (QED) is 0.522. The van der Waals surface area contributed by atoms with Crippen LogP contribution in [0.1, 0.15) is 6.92 Å². The van der Waals surface area contributed by atoms with E-state index in [1.807, 2.05) is 0 Å². The van der Waals surface area contributed by atoms with Crippen LogP contribution in [0.15, 0.2) is 0 Å². The number of rotatable bonds is 2. The molecule has 0 amide bonds. The number of methoxy groups -OCH3 is 1. The van der Waals surface area contributed by atoms with Crippen molar-refractivity contribution in [3.63, 3.8) is 0 Å². The number of hydrogen-bond acceptors (Lipinski definition) is 5. The molecule has 3 unspecified atom stereocenters. The van der Waals surface area contributed by atoms with Gasteiger partial charge in [0.2, 0.25) is 0 Å². The molecule has 0 radical (unpaired) electrons. The Labute approximate surface area is 76.9 Å². The maximum atomic E-state index is 11.1. The van der Waals surface area contributed by atoms with Gasteiger partial charge in [0.1, 0.15) is 6.04 Å². The Morgan fingerprint density at radius 3 is 2.31 bits per heavy atom. The van der Waals surface area contributed by atoms with Gasteiger partial charge in [-0.1, -0.05) is 0 Å². The number of aliphatic hydroxyl groups is 2. The van der Waals surface area contributed by atoms with Crippen LogP contribution in [0.3, 0.4) is 0 Å². The van der Waals surface area contributed by atoms with Crippen LogP contribution in [-0.2, 0) is 9.53 Å². The first-order chi connectivity index (χ1) is 6.06. The van der Waals surface area contributed by atoms with Gasteiger partial charge in [-0.05, 0) is 6.92 Å². The van der Waals surface area contributed by atoms with Crippen LogP contribution in [0.25, 0.3) is 0 Å². The minimum Gasteiger partial charge on any atom is -0.468 e. The molecular weight excluding hydrogens is 174 g/mol. The van der Waals surface area contributed by atoms with Crippen molar-refractivity contribution in [1.82, 2.24) is 4.90 Å². The SMILES string of the molecule is COC(=O)C(C)N1CC(O)C(O)C1. The maximum Gasteiger partial charge on any atom is 0.322 e. The first kappa shape index (κ1) is 10.4. The average molecular weight is 189 g/mol. The molecule has 76 valence electrons. The number of hydrogen-bond donors (Lipinski definition) is 2. The number of esters is 1. The molecule has 0 aliphatic carbocycles. The summed E-state index contributed by atoms with van der Waals surface area (Å²) in [5, 5.41) is 18.5. The molecule has 0 aromatic carbocycles. The summed E-state index contributed by atoms with van der Waals surface area (Å²) in [6.45, 7) is 2.32. The van der Waals surface area contributed by atoms with E-state index in [0.717, 1.165) is 0 Å². The Kier molecular flexibility index (Phi) is 3.24. The highest BCUT2D eigenvalue weighted by Gasteiger charge is 2.34. The monoisotopic (exact) mass is 189 g/mol. The van der Waals surface area contributed by atoms with E-state index in [4.69, 9.17) is 0 Å². The lowest BCUT2D eigenvalue weighted by Gasteiger charge is -2.20. The lowest BCUT2D eigenvalue weighted by molar-refractivity contribution is -0.146. The molecule has 0 bridgehead atoms. The third-order valence-electron chi connectivity index (χ3n) is 2.38. The number of carbonyl (C=O) groups is 1. The van der Waals surface area contributed by atoms with Crippen molar-refractivity contribution >= 4 is 5.97 Å². The molecular formula is C8H15NO4. The van der Waals surface area contributed by atoms with E-state index in [-0.39, 0.29) is 5.97 Å². The molecule has 1 aliphatic heterocycles. The molecule has 1 rings (SSSR count). The highest BCUT2D eigenvalue weighted by molar-refractivity contribution is 5.75. The van der Waals surface area contributed by atoms with Crippen molar-refractivity contribution in [1.29, 1.82) is 0 Å². The van der Waals surface area contributed by atoms with Gasteiger partial charge >= 0.3 is 5.97 Å². The highest BCUT2D eigenvalue weighted by Crippen LogP contribution is 2.13. The molecule has 1 heterocycles. The second kappa shape index (κ2) is 4.04. The molecule has 3 atom stereocenters. The molecule has 1 aliphatic rings. The first-order valence-corrected chi connectivity index (χ1v) is 4.24. The van der Waals surface area contributed by atoms with Crippen LogP contribution in [-0.4, -0.2) is 59.5 Å². The largest absolute Gasteiger partial charge is 0.468 e. The van der Waals surface area contributed by atoms with Crippen molar-refractivity contribution in [2.75, 3.05) is 20.2 Å². The Hall–Kier alpha value is -0.650. The van der Waals surface area contributed by atoms with Crippen molar-refractivity contribution in [3.05, 3.63) is 0 Å². The van der Waals surface area contributed by atoms with Gasteiger partial charge in [-0.3, -0.25) is 9.69 Å². The Balaban J connectivity index is 2.50. The molecule has 0 aromatic heterocycles. The number of carbonyl (C=O) groups excluding carboxylic acids is 1. The predicted octanol–water partition coefficient (Wildman–Crippen LogP) is -1.41. The molecule has 13 heavy (non-hydrogen) atoms. The van der Waals surface area contributed by atoms with Crippen LogP contribution in [0, 0.1) is 0 Å². The number of aliphatic hydroxyl groups excluding tert-OH is 2. The number of ether oxygens (including phenoxy) is 1.